The molecule has 0 bridgehead atoms. The first-order valence-corrected chi connectivity index (χ1v) is 7.40. The van der Waals surface area contributed by atoms with Crippen LogP contribution in [-0.2, 0) is 0 Å². The van der Waals surface area contributed by atoms with E-state index in [1.165, 1.54) is 0 Å². The van der Waals surface area contributed by atoms with Gasteiger partial charge in [-0.3, -0.25) is 14.9 Å². The Morgan fingerprint density at radius 2 is 1.96 bits per heavy atom. The molecule has 2 rings (SSSR count). The second-order valence-electron chi connectivity index (χ2n) is 6.18. The van der Waals surface area contributed by atoms with E-state index in [4.69, 9.17) is 0 Å². The normalized spacial score (nSPS) is 20.8. The second kappa shape index (κ2) is 6.43. The van der Waals surface area contributed by atoms with Crippen LogP contribution in [0, 0.1) is 16.0 Å². The zero-order valence-corrected chi connectivity index (χ0v) is 13.4. The fraction of sp³-hybridized carbons (Fsp3) is 0.467. The van der Waals surface area contributed by atoms with Gasteiger partial charge in [0.2, 0.25) is 0 Å². The Kier molecular flexibility index (Phi) is 4.85. The maximum absolute atomic E-state index is 13.3. The highest BCUT2D eigenvalue weighted by Crippen LogP contribution is 2.41. The number of hydrazone groups is 1. The van der Waals surface area contributed by atoms with Crippen molar-refractivity contribution in [1.29, 1.82) is 0 Å². The third-order valence-electron chi connectivity index (χ3n) is 3.66. The Morgan fingerprint density at radius 3 is 2.40 bits per heavy atom. The summed E-state index contributed by atoms with van der Waals surface area (Å²) in [5, 5.41) is 24.4. The molecule has 1 aliphatic rings. The van der Waals surface area contributed by atoms with Crippen LogP contribution in [0.25, 0.3) is 0 Å². The van der Waals surface area contributed by atoms with Crippen LogP contribution in [0.1, 0.15) is 37.0 Å². The predicted octanol–water partition coefficient (Wildman–Crippen LogP) is 3.09. The molecule has 0 radical (unpaired) electrons. The molecular weight excluding hydrogens is 343 g/mol. The van der Waals surface area contributed by atoms with Crippen molar-refractivity contribution >= 4 is 17.3 Å². The smallest absolute Gasteiger partial charge is 0.362 e. The van der Waals surface area contributed by atoms with Crippen LogP contribution < -0.4 is 0 Å². The number of nitro groups is 1. The number of carbonyl (C=O) groups excluding carboxylic acids is 1. The molecule has 1 aliphatic heterocycles. The highest BCUT2D eigenvalue weighted by Gasteiger charge is 2.63. The number of alkyl halides is 3. The summed E-state index contributed by atoms with van der Waals surface area (Å²) in [5.41, 5.74) is -3.93. The molecule has 1 atom stereocenters. The summed E-state index contributed by atoms with van der Waals surface area (Å²) in [6.07, 6.45) is -5.73. The molecule has 136 valence electrons. The van der Waals surface area contributed by atoms with Gasteiger partial charge in [-0.25, -0.2) is 0 Å². The maximum Gasteiger partial charge on any atom is 0.438 e. The molecular formula is C15H16F3N3O4. The number of rotatable bonds is 4. The largest absolute Gasteiger partial charge is 0.438 e. The Morgan fingerprint density at radius 1 is 1.40 bits per heavy atom. The second-order valence-corrected chi connectivity index (χ2v) is 6.18. The van der Waals surface area contributed by atoms with Crippen molar-refractivity contribution in [3.63, 3.8) is 0 Å². The summed E-state index contributed by atoms with van der Waals surface area (Å²) in [4.78, 5) is 22.3. The Labute approximate surface area is 140 Å². The van der Waals surface area contributed by atoms with Gasteiger partial charge in [-0.05, 0) is 24.5 Å². The van der Waals surface area contributed by atoms with E-state index in [1.807, 2.05) is 0 Å². The van der Waals surface area contributed by atoms with Crippen LogP contribution in [0.3, 0.4) is 0 Å². The molecule has 1 aromatic carbocycles. The summed E-state index contributed by atoms with van der Waals surface area (Å²) >= 11 is 0. The molecule has 0 fully saturated rings. The van der Waals surface area contributed by atoms with Crippen LogP contribution >= 0.6 is 0 Å². The zero-order chi connectivity index (χ0) is 19.0. The predicted molar refractivity (Wildman–Crippen MR) is 81.8 cm³/mol. The molecule has 0 spiro atoms. The fourth-order valence-corrected chi connectivity index (χ4v) is 2.48. The molecule has 1 heterocycles. The van der Waals surface area contributed by atoms with Gasteiger partial charge in [0.05, 0.1) is 4.92 Å². The number of hydrogen-bond acceptors (Lipinski definition) is 5. The maximum atomic E-state index is 13.3. The van der Waals surface area contributed by atoms with Crippen molar-refractivity contribution in [3.8, 4) is 0 Å². The van der Waals surface area contributed by atoms with Crippen LogP contribution in [0.5, 0.6) is 0 Å². The van der Waals surface area contributed by atoms with Crippen molar-refractivity contribution in [3.05, 3.63) is 39.9 Å². The average molecular weight is 359 g/mol. The van der Waals surface area contributed by atoms with Crippen molar-refractivity contribution in [1.82, 2.24) is 5.01 Å². The van der Waals surface area contributed by atoms with E-state index in [1.54, 1.807) is 13.8 Å². The summed E-state index contributed by atoms with van der Waals surface area (Å²) < 4.78 is 40.0. The molecule has 0 saturated carbocycles. The van der Waals surface area contributed by atoms with Gasteiger partial charge in [0, 0.05) is 29.8 Å². The molecule has 7 nitrogen and oxygen atoms in total. The number of non-ortho nitro benzene ring substituents is 1. The molecule has 0 unspecified atom stereocenters. The first kappa shape index (κ1) is 18.8. The minimum absolute atomic E-state index is 0.00865. The van der Waals surface area contributed by atoms with E-state index < -0.39 is 29.2 Å². The van der Waals surface area contributed by atoms with Crippen molar-refractivity contribution in [2.24, 2.45) is 11.0 Å². The summed E-state index contributed by atoms with van der Waals surface area (Å²) in [6, 6.07) is 4.03. The fourth-order valence-electron chi connectivity index (χ4n) is 2.48. The molecule has 1 amide bonds. The summed E-state index contributed by atoms with van der Waals surface area (Å²) in [5.74, 6) is -1.20. The molecule has 0 saturated heterocycles. The highest BCUT2D eigenvalue weighted by molar-refractivity contribution is 5.98. The van der Waals surface area contributed by atoms with E-state index >= 15 is 0 Å². The topological polar surface area (TPSA) is 96.0 Å². The van der Waals surface area contributed by atoms with Gasteiger partial charge in [0.1, 0.15) is 0 Å². The van der Waals surface area contributed by atoms with Crippen molar-refractivity contribution < 1.29 is 28.0 Å². The number of amides is 1. The zero-order valence-electron chi connectivity index (χ0n) is 13.4. The molecule has 25 heavy (non-hydrogen) atoms. The quantitative estimate of drug-likeness (QED) is 0.660. The molecule has 10 heteroatoms. The van der Waals surface area contributed by atoms with Gasteiger partial charge in [0.25, 0.3) is 17.3 Å². The molecule has 0 aliphatic carbocycles. The van der Waals surface area contributed by atoms with Gasteiger partial charge in [-0.15, -0.1) is 0 Å². The first-order valence-electron chi connectivity index (χ1n) is 7.40. The lowest BCUT2D eigenvalue weighted by molar-refractivity contribution is -0.384. The monoisotopic (exact) mass is 359 g/mol. The lowest BCUT2D eigenvalue weighted by atomic mass is 9.99. The molecule has 1 aromatic rings. The number of nitrogens with zero attached hydrogens (tertiary/aromatic N) is 3. The number of benzene rings is 1. The molecule has 0 aromatic heterocycles. The van der Waals surface area contributed by atoms with E-state index in [2.05, 4.69) is 5.10 Å². The Balaban J connectivity index is 2.38. The van der Waals surface area contributed by atoms with Gasteiger partial charge in [-0.1, -0.05) is 13.8 Å². The van der Waals surface area contributed by atoms with E-state index in [0.29, 0.717) is 0 Å². The highest BCUT2D eigenvalue weighted by atomic mass is 19.4. The number of nitro benzene ring substituents is 1. The van der Waals surface area contributed by atoms with Crippen LogP contribution in [0.15, 0.2) is 29.4 Å². The van der Waals surface area contributed by atoms with Gasteiger partial charge >= 0.3 is 6.18 Å². The first-order chi connectivity index (χ1) is 11.5. The average Bonchev–Trinajstić information content (AvgIpc) is 2.83. The van der Waals surface area contributed by atoms with E-state index in [9.17, 15) is 33.2 Å². The summed E-state index contributed by atoms with van der Waals surface area (Å²) in [6.45, 7) is 3.55. The standard InChI is InChI=1S/C15H16F3N3O4/c1-9(2)7-11-8-14(23,15(16,17)18)20(19-11)13(22)10-3-5-12(6-4-10)21(24)25/h3-6,9,23H,7-8H2,1-2H3/t14-/m1/s1. The van der Waals surface area contributed by atoms with E-state index in [-0.39, 0.29) is 34.3 Å². The minimum Gasteiger partial charge on any atom is -0.362 e. The Bertz CT molecular complexity index is 716. The molecule has 1 N–H and O–H groups in total. The number of hydrogen-bond donors (Lipinski definition) is 1. The third-order valence-corrected chi connectivity index (χ3v) is 3.66. The van der Waals surface area contributed by atoms with Gasteiger partial charge in [-0.2, -0.15) is 23.3 Å². The van der Waals surface area contributed by atoms with Gasteiger partial charge in [0.15, 0.2) is 0 Å². The lowest BCUT2D eigenvalue weighted by Crippen LogP contribution is -2.56. The van der Waals surface area contributed by atoms with Gasteiger partial charge < -0.3 is 5.11 Å². The number of aliphatic hydroxyl groups is 1. The number of carbonyl (C=O) groups is 1. The van der Waals surface area contributed by atoms with Crippen molar-refractivity contribution in [2.45, 2.75) is 38.6 Å². The number of halogens is 3. The van der Waals surface area contributed by atoms with Crippen LogP contribution in [0.2, 0.25) is 0 Å². The third kappa shape index (κ3) is 3.63. The van der Waals surface area contributed by atoms with Crippen LogP contribution in [-0.4, -0.2) is 38.6 Å². The minimum atomic E-state index is -5.11. The van der Waals surface area contributed by atoms with Crippen LogP contribution in [0.4, 0.5) is 18.9 Å². The SMILES string of the molecule is CC(C)CC1=NN(C(=O)c2ccc([N+](=O)[O-])cc2)[C@](O)(C(F)(F)F)C1. The Hall–Kier alpha value is -2.49. The van der Waals surface area contributed by atoms with Crippen molar-refractivity contribution in [2.75, 3.05) is 0 Å². The lowest BCUT2D eigenvalue weighted by Gasteiger charge is -2.32. The summed E-state index contributed by atoms with van der Waals surface area (Å²) in [7, 11) is 0. The van der Waals surface area contributed by atoms with E-state index in [0.717, 1.165) is 24.3 Å².